The number of nitrogens with one attached hydrogen (secondary N) is 1. The predicted octanol–water partition coefficient (Wildman–Crippen LogP) is 3.49. The summed E-state index contributed by atoms with van der Waals surface area (Å²) in [7, 11) is 0. The highest BCUT2D eigenvalue weighted by Crippen LogP contribution is 2.35. The molecule has 7 heteroatoms. The Morgan fingerprint density at radius 3 is 2.59 bits per heavy atom. The maximum Gasteiger partial charge on any atom is 0.132 e. The number of benzene rings is 2. The van der Waals surface area contributed by atoms with Crippen molar-refractivity contribution in [1.82, 2.24) is 15.4 Å². The van der Waals surface area contributed by atoms with Crippen molar-refractivity contribution in [3.8, 4) is 6.07 Å². The van der Waals surface area contributed by atoms with Gasteiger partial charge in [-0.15, -0.1) is 5.10 Å². The van der Waals surface area contributed by atoms with E-state index in [1.807, 2.05) is 6.07 Å². The second kappa shape index (κ2) is 7.48. The highest BCUT2D eigenvalue weighted by molar-refractivity contribution is 5.57. The molecular weight excluding hydrogens is 350 g/mol. The second-order valence-electron chi connectivity index (χ2n) is 6.19. The fourth-order valence-electron chi connectivity index (χ4n) is 2.87. The number of nitriles is 1. The number of aromatic nitrogens is 3. The molecule has 0 amide bonds. The maximum atomic E-state index is 14.5. The summed E-state index contributed by atoms with van der Waals surface area (Å²) in [5.41, 5.74) is 0.270. The van der Waals surface area contributed by atoms with Crippen molar-refractivity contribution in [1.29, 1.82) is 5.26 Å². The lowest BCUT2D eigenvalue weighted by Gasteiger charge is -2.30. The molecule has 1 unspecified atom stereocenters. The highest BCUT2D eigenvalue weighted by Gasteiger charge is 2.35. The highest BCUT2D eigenvalue weighted by atomic mass is 19.1. The molecule has 0 aliphatic carbocycles. The monoisotopic (exact) mass is 366 g/mol. The maximum absolute atomic E-state index is 14.5. The quantitative estimate of drug-likeness (QED) is 0.724. The van der Waals surface area contributed by atoms with Crippen LogP contribution in [-0.2, 0) is 12.0 Å². The van der Waals surface area contributed by atoms with Crippen molar-refractivity contribution in [3.05, 3.63) is 88.3 Å². The summed E-state index contributed by atoms with van der Waals surface area (Å²) in [6.07, 6.45) is 3.14. The van der Waals surface area contributed by atoms with E-state index in [2.05, 4.69) is 15.4 Å². The van der Waals surface area contributed by atoms with Gasteiger partial charge in [-0.2, -0.15) is 5.26 Å². The molecule has 0 fully saturated rings. The molecule has 0 spiro atoms. The first kappa shape index (κ1) is 18.4. The van der Waals surface area contributed by atoms with Crippen LogP contribution in [0.5, 0.6) is 0 Å². The Labute approximate surface area is 154 Å². The zero-order valence-electron chi connectivity index (χ0n) is 14.4. The van der Waals surface area contributed by atoms with E-state index in [0.29, 0.717) is 16.8 Å². The normalized spacial score (nSPS) is 13.8. The van der Waals surface area contributed by atoms with Gasteiger partial charge < -0.3 is 5.11 Å². The van der Waals surface area contributed by atoms with Crippen LogP contribution >= 0.6 is 0 Å². The zero-order chi connectivity index (χ0) is 19.4. The number of aromatic amines is 1. The Kier molecular flexibility index (Phi) is 5.10. The molecular formula is C20H16F2N4O. The minimum Gasteiger partial charge on any atom is -0.380 e. The Balaban J connectivity index is 2.07. The van der Waals surface area contributed by atoms with Gasteiger partial charge in [0.15, 0.2) is 0 Å². The molecule has 0 saturated heterocycles. The summed E-state index contributed by atoms with van der Waals surface area (Å²) >= 11 is 0. The second-order valence-corrected chi connectivity index (χ2v) is 6.19. The molecule has 3 aromatic rings. The van der Waals surface area contributed by atoms with Gasteiger partial charge in [0.05, 0.1) is 17.3 Å². The SMILES string of the molecule is C/C(=C\c1ccc(C#N)cc1)C(O)(Cc1c[nH]nn1)c1ccc(F)cc1F. The molecule has 1 heterocycles. The van der Waals surface area contributed by atoms with Crippen LogP contribution in [0.25, 0.3) is 6.08 Å². The smallest absolute Gasteiger partial charge is 0.132 e. The van der Waals surface area contributed by atoms with E-state index in [9.17, 15) is 13.9 Å². The van der Waals surface area contributed by atoms with Crippen LogP contribution in [0, 0.1) is 23.0 Å². The Bertz CT molecular complexity index is 1010. The average Bonchev–Trinajstić information content (AvgIpc) is 3.15. The summed E-state index contributed by atoms with van der Waals surface area (Å²) in [6, 6.07) is 11.8. The van der Waals surface area contributed by atoms with Crippen molar-refractivity contribution < 1.29 is 13.9 Å². The topological polar surface area (TPSA) is 85.6 Å². The summed E-state index contributed by atoms with van der Waals surface area (Å²) in [5.74, 6) is -1.58. The number of aliphatic hydroxyl groups is 1. The predicted molar refractivity (Wildman–Crippen MR) is 95.1 cm³/mol. The van der Waals surface area contributed by atoms with E-state index in [-0.39, 0.29) is 12.0 Å². The van der Waals surface area contributed by atoms with Gasteiger partial charge >= 0.3 is 0 Å². The number of hydrogen-bond donors (Lipinski definition) is 2. The Morgan fingerprint density at radius 1 is 1.26 bits per heavy atom. The van der Waals surface area contributed by atoms with Gasteiger partial charge in [-0.1, -0.05) is 23.4 Å². The van der Waals surface area contributed by atoms with Crippen LogP contribution in [0.1, 0.15) is 29.3 Å². The summed E-state index contributed by atoms with van der Waals surface area (Å²) in [4.78, 5) is 0. The van der Waals surface area contributed by atoms with Crippen LogP contribution in [0.3, 0.4) is 0 Å². The number of halogens is 2. The molecule has 5 nitrogen and oxygen atoms in total. The Hall–Kier alpha value is -3.37. The third kappa shape index (κ3) is 3.91. The summed E-state index contributed by atoms with van der Waals surface area (Å²) in [6.45, 7) is 1.65. The number of hydrogen-bond acceptors (Lipinski definition) is 4. The van der Waals surface area contributed by atoms with E-state index < -0.39 is 17.2 Å². The van der Waals surface area contributed by atoms with Crippen LogP contribution in [-0.4, -0.2) is 20.5 Å². The lowest BCUT2D eigenvalue weighted by atomic mass is 9.82. The van der Waals surface area contributed by atoms with Crippen molar-refractivity contribution in [3.63, 3.8) is 0 Å². The molecule has 27 heavy (non-hydrogen) atoms. The lowest BCUT2D eigenvalue weighted by molar-refractivity contribution is 0.0725. The number of rotatable bonds is 5. The molecule has 0 radical (unpaired) electrons. The minimum absolute atomic E-state index is 0.0509. The van der Waals surface area contributed by atoms with E-state index in [1.165, 1.54) is 12.3 Å². The fourth-order valence-corrected chi connectivity index (χ4v) is 2.87. The molecule has 1 aromatic heterocycles. The van der Waals surface area contributed by atoms with Crippen molar-refractivity contribution >= 4 is 6.08 Å². The molecule has 0 saturated carbocycles. The number of H-pyrrole nitrogens is 1. The van der Waals surface area contributed by atoms with Gasteiger partial charge in [0.25, 0.3) is 0 Å². The van der Waals surface area contributed by atoms with Crippen LogP contribution in [0.15, 0.2) is 54.2 Å². The van der Waals surface area contributed by atoms with Gasteiger partial charge in [0.2, 0.25) is 0 Å². The van der Waals surface area contributed by atoms with Gasteiger partial charge in [-0.3, -0.25) is 5.10 Å². The standard InChI is InChI=1S/C20H16F2N4O/c1-13(8-14-2-4-15(11-23)5-3-14)20(27,10-17-12-24-26-25-17)18-7-6-16(21)9-19(18)22/h2-9,12,27H,10H2,1H3,(H,24,25,26)/b13-8+. The summed E-state index contributed by atoms with van der Waals surface area (Å²) < 4.78 is 27.8. The summed E-state index contributed by atoms with van der Waals surface area (Å²) in [5, 5.41) is 30.3. The van der Waals surface area contributed by atoms with E-state index in [1.54, 1.807) is 37.3 Å². The van der Waals surface area contributed by atoms with Crippen molar-refractivity contribution in [2.45, 2.75) is 18.9 Å². The average molecular weight is 366 g/mol. The van der Waals surface area contributed by atoms with Crippen LogP contribution in [0.2, 0.25) is 0 Å². The molecule has 136 valence electrons. The fraction of sp³-hybridized carbons (Fsp3) is 0.150. The van der Waals surface area contributed by atoms with E-state index in [0.717, 1.165) is 17.7 Å². The van der Waals surface area contributed by atoms with Gasteiger partial charge in [-0.05, 0) is 42.3 Å². The lowest BCUT2D eigenvalue weighted by Crippen LogP contribution is -2.31. The third-order valence-electron chi connectivity index (χ3n) is 4.36. The first-order valence-corrected chi connectivity index (χ1v) is 8.14. The largest absolute Gasteiger partial charge is 0.380 e. The molecule has 3 rings (SSSR count). The molecule has 1 atom stereocenters. The molecule has 2 N–H and O–H groups in total. The first-order valence-electron chi connectivity index (χ1n) is 8.14. The minimum atomic E-state index is -1.76. The van der Waals surface area contributed by atoms with E-state index >= 15 is 0 Å². The molecule has 2 aromatic carbocycles. The first-order chi connectivity index (χ1) is 12.9. The molecule has 0 bridgehead atoms. The molecule has 0 aliphatic rings. The van der Waals surface area contributed by atoms with Crippen molar-refractivity contribution in [2.24, 2.45) is 0 Å². The van der Waals surface area contributed by atoms with Gasteiger partial charge in [0, 0.05) is 24.2 Å². The third-order valence-corrected chi connectivity index (χ3v) is 4.36. The number of nitrogens with zero attached hydrogens (tertiary/aromatic N) is 3. The van der Waals surface area contributed by atoms with E-state index in [4.69, 9.17) is 5.26 Å². The van der Waals surface area contributed by atoms with Crippen LogP contribution in [0.4, 0.5) is 8.78 Å². The van der Waals surface area contributed by atoms with Gasteiger partial charge in [0.1, 0.15) is 17.2 Å². The molecule has 0 aliphatic heterocycles. The van der Waals surface area contributed by atoms with Crippen molar-refractivity contribution in [2.75, 3.05) is 0 Å². The Morgan fingerprint density at radius 2 is 2.00 bits per heavy atom. The zero-order valence-corrected chi connectivity index (χ0v) is 14.4. The van der Waals surface area contributed by atoms with Gasteiger partial charge in [-0.25, -0.2) is 8.78 Å². The van der Waals surface area contributed by atoms with Crippen LogP contribution < -0.4 is 0 Å².